The average Bonchev–Trinajstić information content (AvgIpc) is 3.12. The van der Waals surface area contributed by atoms with Gasteiger partial charge >= 0.3 is 0 Å². The average molecular weight is 297 g/mol. The molecule has 2 N–H and O–H groups in total. The number of carbonyl (C=O) groups is 1. The van der Waals surface area contributed by atoms with Crippen LogP contribution in [0.15, 0.2) is 23.0 Å². The van der Waals surface area contributed by atoms with E-state index in [-0.39, 0.29) is 23.2 Å². The highest BCUT2D eigenvalue weighted by molar-refractivity contribution is 6.11. The molecule has 22 heavy (non-hydrogen) atoms. The lowest BCUT2D eigenvalue weighted by molar-refractivity contribution is 0.102. The van der Waals surface area contributed by atoms with Crippen molar-refractivity contribution < 1.29 is 9.90 Å². The van der Waals surface area contributed by atoms with Crippen LogP contribution >= 0.6 is 0 Å². The Morgan fingerprint density at radius 3 is 3.00 bits per heavy atom. The maximum absolute atomic E-state index is 12.7. The number of para-hydroxylation sites is 1. The third-order valence-electron chi connectivity index (χ3n) is 4.02. The molecule has 8 heteroatoms. The van der Waals surface area contributed by atoms with Crippen LogP contribution in [0.5, 0.6) is 5.75 Å². The fourth-order valence-corrected chi connectivity index (χ4v) is 3.09. The van der Waals surface area contributed by atoms with E-state index in [1.807, 2.05) is 13.0 Å². The van der Waals surface area contributed by atoms with Crippen LogP contribution < -0.4 is 5.56 Å². The molecule has 0 saturated heterocycles. The van der Waals surface area contributed by atoms with Crippen molar-refractivity contribution in [3.8, 4) is 5.75 Å². The van der Waals surface area contributed by atoms with Crippen LogP contribution in [0.4, 0.5) is 0 Å². The molecule has 0 unspecified atom stereocenters. The number of H-pyrrole nitrogens is 1. The number of nitrogens with one attached hydrogen (secondary N) is 1. The number of aromatic amines is 1. The third-order valence-corrected chi connectivity index (χ3v) is 4.02. The van der Waals surface area contributed by atoms with Gasteiger partial charge in [0.1, 0.15) is 11.3 Å². The molecule has 1 aliphatic rings. The van der Waals surface area contributed by atoms with Crippen molar-refractivity contribution in [2.75, 3.05) is 0 Å². The standard InChI is InChI=1S/C14H11N5O3/c1-6-5-7-3-2-4-8-10(7)19(6)14(22)9(11(8)20)12(21)13-15-17-18-16-13/h2-4,6,20H,5H2,1H3,(H,15,16,17,18)/t6-/m1/s1. The van der Waals surface area contributed by atoms with Gasteiger partial charge < -0.3 is 9.67 Å². The van der Waals surface area contributed by atoms with E-state index in [0.29, 0.717) is 17.3 Å². The number of carbonyl (C=O) groups excluding carboxylic acids is 1. The van der Waals surface area contributed by atoms with Gasteiger partial charge in [-0.1, -0.05) is 12.1 Å². The molecule has 8 nitrogen and oxygen atoms in total. The van der Waals surface area contributed by atoms with Gasteiger partial charge in [-0.25, -0.2) is 0 Å². The zero-order valence-electron chi connectivity index (χ0n) is 11.6. The number of ketones is 1. The van der Waals surface area contributed by atoms with Crippen LogP contribution in [-0.2, 0) is 6.42 Å². The van der Waals surface area contributed by atoms with Crippen molar-refractivity contribution >= 4 is 16.7 Å². The van der Waals surface area contributed by atoms with E-state index in [1.54, 1.807) is 16.7 Å². The third kappa shape index (κ3) is 1.49. The molecule has 3 aromatic rings. The van der Waals surface area contributed by atoms with E-state index >= 15 is 0 Å². The molecule has 1 aliphatic heterocycles. The van der Waals surface area contributed by atoms with Crippen molar-refractivity contribution in [1.82, 2.24) is 25.2 Å². The molecule has 0 fully saturated rings. The smallest absolute Gasteiger partial charge is 0.266 e. The van der Waals surface area contributed by atoms with Crippen molar-refractivity contribution in [2.45, 2.75) is 19.4 Å². The van der Waals surface area contributed by atoms with E-state index in [1.165, 1.54) is 0 Å². The predicted molar refractivity (Wildman–Crippen MR) is 75.9 cm³/mol. The first-order valence-electron chi connectivity index (χ1n) is 6.76. The summed E-state index contributed by atoms with van der Waals surface area (Å²) < 4.78 is 1.55. The second-order valence-corrected chi connectivity index (χ2v) is 5.33. The van der Waals surface area contributed by atoms with Gasteiger partial charge in [0, 0.05) is 11.4 Å². The number of aromatic hydroxyl groups is 1. The molecule has 0 amide bonds. The Balaban J connectivity index is 2.11. The maximum atomic E-state index is 12.7. The summed E-state index contributed by atoms with van der Waals surface area (Å²) in [4.78, 5) is 25.1. The molecule has 0 saturated carbocycles. The van der Waals surface area contributed by atoms with Crippen molar-refractivity contribution in [2.24, 2.45) is 0 Å². The second kappa shape index (κ2) is 4.23. The predicted octanol–water partition coefficient (Wildman–Crippen LogP) is 0.568. The Hall–Kier alpha value is -3.03. The Kier molecular flexibility index (Phi) is 2.44. The molecule has 110 valence electrons. The minimum absolute atomic E-state index is 0.0789. The van der Waals surface area contributed by atoms with Gasteiger partial charge in [-0.15, -0.1) is 10.2 Å². The van der Waals surface area contributed by atoms with Crippen molar-refractivity contribution in [3.63, 3.8) is 0 Å². The van der Waals surface area contributed by atoms with Crippen LogP contribution in [-0.4, -0.2) is 36.1 Å². The van der Waals surface area contributed by atoms with Crippen LogP contribution in [0, 0.1) is 0 Å². The van der Waals surface area contributed by atoms with Crippen LogP contribution in [0.2, 0.25) is 0 Å². The summed E-state index contributed by atoms with van der Waals surface area (Å²) in [6.45, 7) is 1.90. The molecule has 0 aliphatic carbocycles. The zero-order chi connectivity index (χ0) is 15.4. The minimum Gasteiger partial charge on any atom is -0.506 e. The highest BCUT2D eigenvalue weighted by Gasteiger charge is 2.30. The molecular formula is C14H11N5O3. The molecule has 0 spiro atoms. The second-order valence-electron chi connectivity index (χ2n) is 5.33. The molecule has 0 bridgehead atoms. The molecule has 0 radical (unpaired) electrons. The summed E-state index contributed by atoms with van der Waals surface area (Å²) in [5.41, 5.74) is 0.815. The van der Waals surface area contributed by atoms with E-state index < -0.39 is 11.3 Å². The summed E-state index contributed by atoms with van der Waals surface area (Å²) in [7, 11) is 0. The van der Waals surface area contributed by atoms with E-state index in [9.17, 15) is 14.7 Å². The normalized spacial score (nSPS) is 16.3. The van der Waals surface area contributed by atoms with E-state index in [2.05, 4.69) is 20.6 Å². The molecule has 4 rings (SSSR count). The Labute approximate surface area is 123 Å². The summed E-state index contributed by atoms with van der Waals surface area (Å²) in [6, 6.07) is 5.33. The molecule has 3 heterocycles. The number of nitrogens with zero attached hydrogens (tertiary/aromatic N) is 4. The van der Waals surface area contributed by atoms with Crippen LogP contribution in [0.1, 0.15) is 34.7 Å². The van der Waals surface area contributed by atoms with Gasteiger partial charge in [-0.05, 0) is 30.2 Å². The molecular weight excluding hydrogens is 286 g/mol. The summed E-state index contributed by atoms with van der Waals surface area (Å²) in [5, 5.41) is 23.6. The molecule has 1 aromatic carbocycles. The topological polar surface area (TPSA) is 114 Å². The maximum Gasteiger partial charge on any atom is 0.266 e. The minimum atomic E-state index is -0.744. The van der Waals surface area contributed by atoms with E-state index in [4.69, 9.17) is 0 Å². The molecule has 1 atom stereocenters. The number of benzene rings is 1. The summed E-state index contributed by atoms with van der Waals surface area (Å²) >= 11 is 0. The summed E-state index contributed by atoms with van der Waals surface area (Å²) in [6.07, 6.45) is 0.686. The number of aromatic nitrogens is 5. The highest BCUT2D eigenvalue weighted by Crippen LogP contribution is 2.36. The first-order chi connectivity index (χ1) is 10.6. The zero-order valence-corrected chi connectivity index (χ0v) is 11.6. The number of rotatable bonds is 2. The Bertz CT molecular complexity index is 974. The van der Waals surface area contributed by atoms with Gasteiger partial charge in [-0.2, -0.15) is 5.21 Å². The van der Waals surface area contributed by atoms with Crippen LogP contribution in [0.25, 0.3) is 10.9 Å². The van der Waals surface area contributed by atoms with Gasteiger partial charge in [0.25, 0.3) is 5.56 Å². The largest absolute Gasteiger partial charge is 0.506 e. The van der Waals surface area contributed by atoms with Gasteiger partial charge in [-0.3, -0.25) is 9.59 Å². The lowest BCUT2D eigenvalue weighted by atomic mass is 10.0. The summed E-state index contributed by atoms with van der Waals surface area (Å²) in [5.74, 6) is -1.32. The highest BCUT2D eigenvalue weighted by atomic mass is 16.3. The SMILES string of the molecule is C[C@@H]1Cc2cccc3c(O)c(C(=O)c4nn[nH]n4)c(=O)n1c23. The lowest BCUT2D eigenvalue weighted by Gasteiger charge is -2.12. The van der Waals surface area contributed by atoms with E-state index in [0.717, 1.165) is 5.56 Å². The quantitative estimate of drug-likeness (QED) is 0.668. The molecule has 2 aromatic heterocycles. The Morgan fingerprint density at radius 2 is 2.27 bits per heavy atom. The van der Waals surface area contributed by atoms with Crippen LogP contribution in [0.3, 0.4) is 0 Å². The fraction of sp³-hybridized carbons (Fsp3) is 0.214. The number of pyridine rings is 1. The fourth-order valence-electron chi connectivity index (χ4n) is 3.09. The van der Waals surface area contributed by atoms with Gasteiger partial charge in [0.2, 0.25) is 11.6 Å². The van der Waals surface area contributed by atoms with Crippen molar-refractivity contribution in [1.29, 1.82) is 0 Å². The number of tetrazole rings is 1. The monoisotopic (exact) mass is 297 g/mol. The first kappa shape index (κ1) is 12.7. The lowest BCUT2D eigenvalue weighted by Crippen LogP contribution is -2.28. The first-order valence-corrected chi connectivity index (χ1v) is 6.76. The van der Waals surface area contributed by atoms with Gasteiger partial charge in [0.15, 0.2) is 0 Å². The van der Waals surface area contributed by atoms with Gasteiger partial charge in [0.05, 0.1) is 5.52 Å². The number of hydrogen-bond donors (Lipinski definition) is 2. The van der Waals surface area contributed by atoms with Crippen molar-refractivity contribution in [3.05, 3.63) is 45.5 Å². The Morgan fingerprint density at radius 1 is 1.45 bits per heavy atom. The number of hydrogen-bond acceptors (Lipinski definition) is 6.